The summed E-state index contributed by atoms with van der Waals surface area (Å²) in [5.74, 6) is 1.55. The van der Waals surface area contributed by atoms with E-state index in [2.05, 4.69) is 28.8 Å². The van der Waals surface area contributed by atoms with Crippen molar-refractivity contribution in [2.24, 2.45) is 0 Å². The zero-order valence-corrected chi connectivity index (χ0v) is 11.2. The number of pyridine rings is 1. The number of aryl methyl sites for hydroxylation is 2. The fourth-order valence-corrected chi connectivity index (χ4v) is 1.87. The van der Waals surface area contributed by atoms with Crippen molar-refractivity contribution in [1.29, 1.82) is 0 Å². The molecule has 0 fully saturated rings. The third-order valence-electron chi connectivity index (χ3n) is 2.66. The second-order valence-corrected chi connectivity index (χ2v) is 4.83. The molecule has 0 aliphatic carbocycles. The maximum absolute atomic E-state index is 5.84. The van der Waals surface area contributed by atoms with E-state index in [0.29, 0.717) is 5.82 Å². The predicted molar refractivity (Wildman–Crippen MR) is 73.2 cm³/mol. The molecule has 18 heavy (non-hydrogen) atoms. The molecule has 4 nitrogen and oxygen atoms in total. The zero-order chi connectivity index (χ0) is 13.3. The molecule has 2 N–H and O–H groups in total. The minimum atomic E-state index is 0.260. The van der Waals surface area contributed by atoms with Crippen LogP contribution in [0, 0.1) is 13.8 Å². The second kappa shape index (κ2) is 4.72. The third-order valence-corrected chi connectivity index (χ3v) is 2.66. The molecule has 0 bridgehead atoms. The van der Waals surface area contributed by atoms with Crippen LogP contribution < -0.4 is 5.73 Å². The Labute approximate surface area is 107 Å². The van der Waals surface area contributed by atoms with Crippen LogP contribution in [-0.4, -0.2) is 15.0 Å². The number of aromatic nitrogens is 3. The Hall–Kier alpha value is -1.97. The summed E-state index contributed by atoms with van der Waals surface area (Å²) in [5, 5.41) is 0. The average Bonchev–Trinajstić information content (AvgIpc) is 2.26. The lowest BCUT2D eigenvalue weighted by molar-refractivity contribution is 0.778. The summed E-state index contributed by atoms with van der Waals surface area (Å²) in [5.41, 5.74) is 9.70. The van der Waals surface area contributed by atoms with Gasteiger partial charge in [0.15, 0.2) is 0 Å². The standard InChI is InChI=1S/C14H18N4/c1-8(2)14-17-12(7-13(15)18-14)11-5-9(3)16-10(4)6-11/h5-8H,1-4H3,(H2,15,17,18). The van der Waals surface area contributed by atoms with Crippen LogP contribution in [0.15, 0.2) is 18.2 Å². The van der Waals surface area contributed by atoms with Crippen molar-refractivity contribution < 1.29 is 0 Å². The van der Waals surface area contributed by atoms with Crippen molar-refractivity contribution in [3.8, 4) is 11.3 Å². The van der Waals surface area contributed by atoms with Gasteiger partial charge in [0.1, 0.15) is 11.6 Å². The van der Waals surface area contributed by atoms with Gasteiger partial charge in [-0.25, -0.2) is 9.97 Å². The fourth-order valence-electron chi connectivity index (χ4n) is 1.87. The predicted octanol–water partition coefficient (Wildman–Crippen LogP) is 2.86. The SMILES string of the molecule is Cc1cc(-c2cc(N)nc(C(C)C)n2)cc(C)n1. The molecule has 2 rings (SSSR count). The summed E-state index contributed by atoms with van der Waals surface area (Å²) in [6.45, 7) is 8.07. The van der Waals surface area contributed by atoms with E-state index in [9.17, 15) is 0 Å². The summed E-state index contributed by atoms with van der Waals surface area (Å²) in [4.78, 5) is 13.2. The first-order chi connectivity index (χ1) is 8.45. The number of nitrogen functional groups attached to an aromatic ring is 1. The summed E-state index contributed by atoms with van der Waals surface area (Å²) in [7, 11) is 0. The van der Waals surface area contributed by atoms with Crippen LogP contribution >= 0.6 is 0 Å². The lowest BCUT2D eigenvalue weighted by Gasteiger charge is -2.09. The minimum Gasteiger partial charge on any atom is -0.384 e. The van der Waals surface area contributed by atoms with Crippen LogP contribution in [0.25, 0.3) is 11.3 Å². The Kier molecular flexibility index (Phi) is 3.28. The summed E-state index contributed by atoms with van der Waals surface area (Å²) in [6.07, 6.45) is 0. The highest BCUT2D eigenvalue weighted by molar-refractivity contribution is 5.62. The van der Waals surface area contributed by atoms with Crippen LogP contribution in [-0.2, 0) is 0 Å². The highest BCUT2D eigenvalue weighted by Gasteiger charge is 2.09. The van der Waals surface area contributed by atoms with Crippen LogP contribution in [0.2, 0.25) is 0 Å². The molecule has 0 unspecified atom stereocenters. The van der Waals surface area contributed by atoms with Gasteiger partial charge in [-0.15, -0.1) is 0 Å². The molecular formula is C14H18N4. The van der Waals surface area contributed by atoms with Gasteiger partial charge in [0.25, 0.3) is 0 Å². The Morgan fingerprint density at radius 3 is 2.11 bits per heavy atom. The topological polar surface area (TPSA) is 64.7 Å². The van der Waals surface area contributed by atoms with Gasteiger partial charge in [0, 0.05) is 28.9 Å². The number of nitrogens with two attached hydrogens (primary N) is 1. The van der Waals surface area contributed by atoms with Gasteiger partial charge in [0.2, 0.25) is 0 Å². The van der Waals surface area contributed by atoms with E-state index in [1.807, 2.05) is 26.0 Å². The van der Waals surface area contributed by atoms with Crippen molar-refractivity contribution in [3.05, 3.63) is 35.4 Å². The first kappa shape index (κ1) is 12.5. The third kappa shape index (κ3) is 2.64. The van der Waals surface area contributed by atoms with E-state index < -0.39 is 0 Å². The smallest absolute Gasteiger partial charge is 0.133 e. The molecule has 2 aromatic heterocycles. The molecule has 0 aromatic carbocycles. The van der Waals surface area contributed by atoms with Crippen molar-refractivity contribution in [1.82, 2.24) is 15.0 Å². The van der Waals surface area contributed by atoms with E-state index in [-0.39, 0.29) is 5.92 Å². The quantitative estimate of drug-likeness (QED) is 0.879. The Morgan fingerprint density at radius 1 is 0.944 bits per heavy atom. The van der Waals surface area contributed by atoms with Crippen LogP contribution in [0.4, 0.5) is 5.82 Å². The number of anilines is 1. The lowest BCUT2D eigenvalue weighted by atomic mass is 10.1. The Bertz CT molecular complexity index is 556. The van der Waals surface area contributed by atoms with E-state index in [4.69, 9.17) is 5.73 Å². The van der Waals surface area contributed by atoms with Gasteiger partial charge in [0.05, 0.1) is 5.69 Å². The highest BCUT2D eigenvalue weighted by atomic mass is 14.9. The largest absolute Gasteiger partial charge is 0.384 e. The average molecular weight is 242 g/mol. The molecule has 0 aliphatic heterocycles. The number of hydrogen-bond donors (Lipinski definition) is 1. The summed E-state index contributed by atoms with van der Waals surface area (Å²) < 4.78 is 0. The van der Waals surface area contributed by atoms with E-state index in [0.717, 1.165) is 28.5 Å². The lowest BCUT2D eigenvalue weighted by Crippen LogP contribution is -2.03. The molecule has 0 spiro atoms. The first-order valence-electron chi connectivity index (χ1n) is 6.06. The van der Waals surface area contributed by atoms with Crippen LogP contribution in [0.3, 0.4) is 0 Å². The second-order valence-electron chi connectivity index (χ2n) is 4.83. The van der Waals surface area contributed by atoms with E-state index in [1.54, 1.807) is 6.07 Å². The van der Waals surface area contributed by atoms with Crippen LogP contribution in [0.5, 0.6) is 0 Å². The summed E-state index contributed by atoms with van der Waals surface area (Å²) in [6, 6.07) is 5.83. The van der Waals surface area contributed by atoms with E-state index >= 15 is 0 Å². The van der Waals surface area contributed by atoms with Gasteiger partial charge in [-0.1, -0.05) is 13.8 Å². The number of hydrogen-bond acceptors (Lipinski definition) is 4. The summed E-state index contributed by atoms with van der Waals surface area (Å²) >= 11 is 0. The molecule has 0 saturated heterocycles. The molecule has 0 saturated carbocycles. The molecular weight excluding hydrogens is 224 g/mol. The number of nitrogens with zero attached hydrogens (tertiary/aromatic N) is 3. The Balaban J connectivity index is 2.56. The zero-order valence-electron chi connectivity index (χ0n) is 11.2. The maximum atomic E-state index is 5.84. The molecule has 94 valence electrons. The molecule has 0 aliphatic rings. The van der Waals surface area contributed by atoms with Gasteiger partial charge >= 0.3 is 0 Å². The molecule has 0 atom stereocenters. The molecule has 4 heteroatoms. The maximum Gasteiger partial charge on any atom is 0.133 e. The Morgan fingerprint density at radius 2 is 1.56 bits per heavy atom. The van der Waals surface area contributed by atoms with Crippen molar-refractivity contribution in [3.63, 3.8) is 0 Å². The number of rotatable bonds is 2. The van der Waals surface area contributed by atoms with Crippen LogP contribution in [0.1, 0.15) is 37.0 Å². The van der Waals surface area contributed by atoms with E-state index in [1.165, 1.54) is 0 Å². The van der Waals surface area contributed by atoms with Gasteiger partial charge in [-0.05, 0) is 26.0 Å². The first-order valence-corrected chi connectivity index (χ1v) is 6.06. The highest BCUT2D eigenvalue weighted by Crippen LogP contribution is 2.22. The monoisotopic (exact) mass is 242 g/mol. The van der Waals surface area contributed by atoms with Crippen molar-refractivity contribution >= 4 is 5.82 Å². The minimum absolute atomic E-state index is 0.260. The van der Waals surface area contributed by atoms with Gasteiger partial charge < -0.3 is 5.73 Å². The van der Waals surface area contributed by atoms with Gasteiger partial charge in [-0.2, -0.15) is 0 Å². The molecule has 0 radical (unpaired) electrons. The molecule has 0 amide bonds. The van der Waals surface area contributed by atoms with Crippen molar-refractivity contribution in [2.75, 3.05) is 5.73 Å². The normalized spacial score (nSPS) is 10.9. The molecule has 2 heterocycles. The fraction of sp³-hybridized carbons (Fsp3) is 0.357. The van der Waals surface area contributed by atoms with Gasteiger partial charge in [-0.3, -0.25) is 4.98 Å². The van der Waals surface area contributed by atoms with Crippen molar-refractivity contribution in [2.45, 2.75) is 33.6 Å². The molecule has 2 aromatic rings.